The van der Waals surface area contributed by atoms with Gasteiger partial charge in [-0.25, -0.2) is 0 Å². The van der Waals surface area contributed by atoms with Crippen LogP contribution in [0.15, 0.2) is 82.2 Å². The van der Waals surface area contributed by atoms with Gasteiger partial charge in [0.2, 0.25) is 0 Å². The lowest BCUT2D eigenvalue weighted by molar-refractivity contribution is 0.0921. The van der Waals surface area contributed by atoms with Gasteiger partial charge in [0, 0.05) is 11.6 Å². The second-order valence-electron chi connectivity index (χ2n) is 6.81. The fraction of sp³-hybridized carbons (Fsp3) is 0.120. The zero-order valence-corrected chi connectivity index (χ0v) is 17.1. The van der Waals surface area contributed by atoms with Crippen LogP contribution in [0.2, 0.25) is 0 Å². The van der Waals surface area contributed by atoms with Crippen molar-refractivity contribution in [2.75, 3.05) is 20.8 Å². The maximum atomic E-state index is 12.9. The molecule has 0 aliphatic rings. The molecule has 0 saturated carbocycles. The minimum atomic E-state index is -0.168. The molecule has 4 rings (SSSR count). The molecule has 1 heterocycles. The van der Waals surface area contributed by atoms with E-state index in [0.29, 0.717) is 39.3 Å². The van der Waals surface area contributed by atoms with Crippen LogP contribution in [0.25, 0.3) is 22.1 Å². The van der Waals surface area contributed by atoms with Gasteiger partial charge in [0.1, 0.15) is 29.1 Å². The van der Waals surface area contributed by atoms with Crippen LogP contribution in [0.5, 0.6) is 17.2 Å². The lowest BCUT2D eigenvalue weighted by Crippen LogP contribution is -2.11. The molecule has 0 spiro atoms. The molecule has 4 aromatic rings. The van der Waals surface area contributed by atoms with E-state index in [4.69, 9.17) is 18.6 Å². The fourth-order valence-electron chi connectivity index (χ4n) is 3.18. The van der Waals surface area contributed by atoms with Crippen LogP contribution in [-0.4, -0.2) is 26.6 Å². The number of benzene rings is 3. The zero-order chi connectivity index (χ0) is 21.8. The normalized spacial score (nSPS) is 10.6. The van der Waals surface area contributed by atoms with E-state index in [1.807, 2.05) is 0 Å². The van der Waals surface area contributed by atoms with Crippen LogP contribution in [0.1, 0.15) is 10.4 Å². The summed E-state index contributed by atoms with van der Waals surface area (Å²) in [6.07, 6.45) is 1.43. The summed E-state index contributed by atoms with van der Waals surface area (Å²) in [5.41, 5.74) is 1.96. The number of ether oxygens (including phenoxy) is 3. The maximum Gasteiger partial charge on any atom is 0.200 e. The number of hydrogen-bond donors (Lipinski definition) is 0. The quantitative estimate of drug-likeness (QED) is 0.405. The number of rotatable bonds is 7. The van der Waals surface area contributed by atoms with Gasteiger partial charge in [0.15, 0.2) is 17.8 Å². The molecule has 0 aliphatic carbocycles. The van der Waals surface area contributed by atoms with Crippen LogP contribution in [-0.2, 0) is 0 Å². The van der Waals surface area contributed by atoms with Crippen molar-refractivity contribution in [3.05, 3.63) is 88.8 Å². The molecule has 1 aromatic heterocycles. The highest BCUT2D eigenvalue weighted by molar-refractivity contribution is 5.97. The molecule has 31 heavy (non-hydrogen) atoms. The third kappa shape index (κ3) is 4.28. The largest absolute Gasteiger partial charge is 0.497 e. The summed E-state index contributed by atoms with van der Waals surface area (Å²) in [6, 6.07) is 18.9. The van der Waals surface area contributed by atoms with Crippen molar-refractivity contribution in [2.24, 2.45) is 0 Å². The molecule has 156 valence electrons. The average molecular weight is 416 g/mol. The number of methoxy groups -OCH3 is 2. The number of carbonyl (C=O) groups excluding carboxylic acids is 1. The Morgan fingerprint density at radius 3 is 2.10 bits per heavy atom. The summed E-state index contributed by atoms with van der Waals surface area (Å²) in [5.74, 6) is 1.66. The Labute approximate surface area is 178 Å². The monoisotopic (exact) mass is 416 g/mol. The van der Waals surface area contributed by atoms with Crippen molar-refractivity contribution >= 4 is 16.8 Å². The smallest absolute Gasteiger partial charge is 0.200 e. The molecule has 6 nitrogen and oxygen atoms in total. The van der Waals surface area contributed by atoms with Crippen molar-refractivity contribution in [3.8, 4) is 28.4 Å². The van der Waals surface area contributed by atoms with Gasteiger partial charge in [-0.1, -0.05) is 12.1 Å². The summed E-state index contributed by atoms with van der Waals surface area (Å²) >= 11 is 0. The van der Waals surface area contributed by atoms with Crippen molar-refractivity contribution < 1.29 is 23.4 Å². The second-order valence-corrected chi connectivity index (χ2v) is 6.81. The molecule has 0 saturated heterocycles. The average Bonchev–Trinajstić information content (AvgIpc) is 2.83. The molecule has 3 aromatic carbocycles. The van der Waals surface area contributed by atoms with E-state index in [9.17, 15) is 9.59 Å². The Kier molecular flexibility index (Phi) is 5.71. The maximum absolute atomic E-state index is 12.9. The molecule has 0 fully saturated rings. The van der Waals surface area contributed by atoms with Crippen LogP contribution in [0, 0.1) is 0 Å². The molecule has 0 amide bonds. The summed E-state index contributed by atoms with van der Waals surface area (Å²) < 4.78 is 21.5. The predicted octanol–water partition coefficient (Wildman–Crippen LogP) is 4.74. The first-order valence-electron chi connectivity index (χ1n) is 9.59. The van der Waals surface area contributed by atoms with E-state index >= 15 is 0 Å². The van der Waals surface area contributed by atoms with Gasteiger partial charge in [-0.15, -0.1) is 0 Å². The Bertz CT molecular complexity index is 1270. The molecule has 0 N–H and O–H groups in total. The van der Waals surface area contributed by atoms with E-state index in [0.717, 1.165) is 5.56 Å². The number of ketones is 1. The molecular formula is C25H20O6. The standard InChI is InChI=1S/C25H20O6/c1-28-18-7-3-16(4-8-18)22-14-31-24-13-20(11-12-21(24)25(22)27)30-15-23(26)17-5-9-19(29-2)10-6-17/h3-14H,15H2,1-2H3. The first-order chi connectivity index (χ1) is 15.1. The van der Waals surface area contributed by atoms with Gasteiger partial charge < -0.3 is 18.6 Å². The van der Waals surface area contributed by atoms with Gasteiger partial charge in [-0.2, -0.15) is 0 Å². The van der Waals surface area contributed by atoms with E-state index in [1.54, 1.807) is 80.9 Å². The third-order valence-corrected chi connectivity index (χ3v) is 4.93. The molecule has 0 unspecified atom stereocenters. The van der Waals surface area contributed by atoms with Crippen LogP contribution >= 0.6 is 0 Å². The molecule has 0 radical (unpaired) electrons. The Morgan fingerprint density at radius 1 is 0.839 bits per heavy atom. The fourth-order valence-corrected chi connectivity index (χ4v) is 3.18. The molecular weight excluding hydrogens is 396 g/mol. The van der Waals surface area contributed by atoms with Gasteiger partial charge in [0.05, 0.1) is 25.2 Å². The van der Waals surface area contributed by atoms with E-state index in [-0.39, 0.29) is 17.8 Å². The molecule has 0 aliphatic heterocycles. The van der Waals surface area contributed by atoms with Crippen LogP contribution in [0.3, 0.4) is 0 Å². The number of fused-ring (bicyclic) bond motifs is 1. The van der Waals surface area contributed by atoms with Gasteiger partial charge >= 0.3 is 0 Å². The highest BCUT2D eigenvalue weighted by Gasteiger charge is 2.12. The van der Waals surface area contributed by atoms with Crippen molar-refractivity contribution in [1.29, 1.82) is 0 Å². The third-order valence-electron chi connectivity index (χ3n) is 4.93. The minimum Gasteiger partial charge on any atom is -0.497 e. The van der Waals surface area contributed by atoms with Gasteiger partial charge in [-0.3, -0.25) is 9.59 Å². The highest BCUT2D eigenvalue weighted by Crippen LogP contribution is 2.24. The summed E-state index contributed by atoms with van der Waals surface area (Å²) in [7, 11) is 3.15. The minimum absolute atomic E-state index is 0.133. The Morgan fingerprint density at radius 2 is 1.45 bits per heavy atom. The number of carbonyl (C=O) groups is 1. The van der Waals surface area contributed by atoms with Crippen LogP contribution < -0.4 is 19.6 Å². The zero-order valence-electron chi connectivity index (χ0n) is 17.1. The first kappa shape index (κ1) is 20.2. The van der Waals surface area contributed by atoms with E-state index < -0.39 is 0 Å². The summed E-state index contributed by atoms with van der Waals surface area (Å²) in [4.78, 5) is 25.2. The second kappa shape index (κ2) is 8.75. The topological polar surface area (TPSA) is 75.0 Å². The van der Waals surface area contributed by atoms with Crippen LogP contribution in [0.4, 0.5) is 0 Å². The molecule has 0 atom stereocenters. The lowest BCUT2D eigenvalue weighted by atomic mass is 10.1. The van der Waals surface area contributed by atoms with E-state index in [2.05, 4.69) is 0 Å². The summed E-state index contributed by atoms with van der Waals surface area (Å²) in [5, 5.41) is 0.433. The first-order valence-corrected chi connectivity index (χ1v) is 9.59. The SMILES string of the molecule is COc1ccc(C(=O)COc2ccc3c(=O)c(-c4ccc(OC)cc4)coc3c2)cc1. The molecule has 6 heteroatoms. The molecule has 0 bridgehead atoms. The highest BCUT2D eigenvalue weighted by atomic mass is 16.5. The summed E-state index contributed by atoms with van der Waals surface area (Å²) in [6.45, 7) is -0.133. The lowest BCUT2D eigenvalue weighted by Gasteiger charge is -2.08. The number of Topliss-reactive ketones (excluding diaryl/α,β-unsaturated/α-hetero) is 1. The van der Waals surface area contributed by atoms with Crippen molar-refractivity contribution in [1.82, 2.24) is 0 Å². The van der Waals surface area contributed by atoms with Crippen molar-refractivity contribution in [2.45, 2.75) is 0 Å². The van der Waals surface area contributed by atoms with Crippen molar-refractivity contribution in [3.63, 3.8) is 0 Å². The van der Waals surface area contributed by atoms with E-state index in [1.165, 1.54) is 6.26 Å². The Hall–Kier alpha value is -4.06. The number of hydrogen-bond acceptors (Lipinski definition) is 6. The van der Waals surface area contributed by atoms with Gasteiger partial charge in [-0.05, 0) is 54.1 Å². The predicted molar refractivity (Wildman–Crippen MR) is 117 cm³/mol. The Balaban J connectivity index is 1.52. The van der Waals surface area contributed by atoms with Gasteiger partial charge in [0.25, 0.3) is 0 Å².